The topological polar surface area (TPSA) is 29.5 Å². The zero-order valence-corrected chi connectivity index (χ0v) is 18.9. The molecule has 3 nitrogen and oxygen atoms in total. The molecule has 0 saturated carbocycles. The fourth-order valence-electron chi connectivity index (χ4n) is 3.83. The molecule has 4 aromatic carbocycles. The maximum atomic E-state index is 13.4. The molecular weight excluding hydrogens is 406 g/mol. The lowest BCUT2D eigenvalue weighted by Gasteiger charge is -2.28. The molecule has 3 heteroatoms. The van der Waals surface area contributed by atoms with Crippen molar-refractivity contribution in [1.82, 2.24) is 4.90 Å². The van der Waals surface area contributed by atoms with Gasteiger partial charge in [0.05, 0.1) is 6.04 Å². The van der Waals surface area contributed by atoms with E-state index >= 15 is 0 Å². The fourth-order valence-corrected chi connectivity index (χ4v) is 3.83. The number of hydrogen-bond acceptors (Lipinski definition) is 3. The molecular formula is C30H29NO2. The van der Waals surface area contributed by atoms with Crippen LogP contribution in [0.25, 0.3) is 0 Å². The number of nitrogens with zero attached hydrogens (tertiary/aromatic N) is 1. The van der Waals surface area contributed by atoms with Crippen LogP contribution in [0, 0.1) is 0 Å². The summed E-state index contributed by atoms with van der Waals surface area (Å²) in [7, 11) is 0. The molecule has 1 atom stereocenters. The minimum Gasteiger partial charge on any atom is -0.489 e. The third-order valence-corrected chi connectivity index (χ3v) is 5.77. The van der Waals surface area contributed by atoms with Gasteiger partial charge in [-0.05, 0) is 47.9 Å². The van der Waals surface area contributed by atoms with E-state index in [2.05, 4.69) is 29.2 Å². The minimum atomic E-state index is -0.263. The monoisotopic (exact) mass is 435 g/mol. The Hall–Kier alpha value is -3.69. The van der Waals surface area contributed by atoms with Crippen LogP contribution < -0.4 is 4.74 Å². The first-order valence-electron chi connectivity index (χ1n) is 11.3. The van der Waals surface area contributed by atoms with Crippen molar-refractivity contribution in [2.75, 3.05) is 0 Å². The van der Waals surface area contributed by atoms with E-state index in [0.717, 1.165) is 11.3 Å². The van der Waals surface area contributed by atoms with E-state index in [1.165, 1.54) is 11.1 Å². The highest BCUT2D eigenvalue weighted by Crippen LogP contribution is 2.19. The number of Topliss-reactive ketones (excluding diaryl/α,β-unsaturated/α-hetero) is 1. The van der Waals surface area contributed by atoms with Gasteiger partial charge in [-0.2, -0.15) is 0 Å². The average molecular weight is 436 g/mol. The molecule has 4 rings (SSSR count). The van der Waals surface area contributed by atoms with E-state index < -0.39 is 0 Å². The Morgan fingerprint density at radius 1 is 0.667 bits per heavy atom. The summed E-state index contributed by atoms with van der Waals surface area (Å²) in [6.45, 7) is 3.92. The number of ether oxygens (including phenoxy) is 1. The van der Waals surface area contributed by atoms with Crippen LogP contribution >= 0.6 is 0 Å². The molecule has 0 amide bonds. The molecule has 0 aromatic heterocycles. The Morgan fingerprint density at radius 3 is 1.61 bits per heavy atom. The smallest absolute Gasteiger partial charge is 0.179 e. The third-order valence-electron chi connectivity index (χ3n) is 5.77. The second kappa shape index (κ2) is 11.3. The Labute approximate surface area is 196 Å². The standard InChI is InChI=1S/C30H29NO2/c1-24(31(21-25-11-5-2-6-12-25)22-26-13-7-3-8-14-26)30(32)28-17-19-29(20-18-28)33-23-27-15-9-4-10-16-27/h2-20,24H,21-23H2,1H3. The highest BCUT2D eigenvalue weighted by Gasteiger charge is 2.23. The summed E-state index contributed by atoms with van der Waals surface area (Å²) in [5.74, 6) is 0.866. The van der Waals surface area contributed by atoms with E-state index in [9.17, 15) is 4.79 Å². The van der Waals surface area contributed by atoms with Gasteiger partial charge in [0.1, 0.15) is 12.4 Å². The number of hydrogen-bond donors (Lipinski definition) is 0. The Kier molecular flexibility index (Phi) is 7.68. The van der Waals surface area contributed by atoms with Crippen LogP contribution in [-0.4, -0.2) is 16.7 Å². The Balaban J connectivity index is 1.45. The lowest BCUT2D eigenvalue weighted by atomic mass is 10.0. The van der Waals surface area contributed by atoms with Crippen LogP contribution in [0.5, 0.6) is 5.75 Å². The summed E-state index contributed by atoms with van der Waals surface area (Å²) >= 11 is 0. The van der Waals surface area contributed by atoms with E-state index in [1.54, 1.807) is 0 Å². The number of rotatable bonds is 10. The second-order valence-electron chi connectivity index (χ2n) is 8.22. The van der Waals surface area contributed by atoms with Gasteiger partial charge in [0.15, 0.2) is 5.78 Å². The predicted molar refractivity (Wildman–Crippen MR) is 133 cm³/mol. The molecule has 0 fully saturated rings. The van der Waals surface area contributed by atoms with Crippen LogP contribution in [0.2, 0.25) is 0 Å². The van der Waals surface area contributed by atoms with Crippen LogP contribution in [-0.2, 0) is 19.7 Å². The molecule has 0 heterocycles. The predicted octanol–water partition coefficient (Wildman–Crippen LogP) is 6.54. The van der Waals surface area contributed by atoms with Crippen molar-refractivity contribution in [2.24, 2.45) is 0 Å². The molecule has 1 unspecified atom stereocenters. The zero-order valence-electron chi connectivity index (χ0n) is 18.9. The van der Waals surface area contributed by atoms with Crippen molar-refractivity contribution in [3.8, 4) is 5.75 Å². The molecule has 0 N–H and O–H groups in total. The molecule has 4 aromatic rings. The first-order valence-corrected chi connectivity index (χ1v) is 11.3. The number of benzene rings is 4. The van der Waals surface area contributed by atoms with Crippen LogP contribution in [0.1, 0.15) is 34.0 Å². The highest BCUT2D eigenvalue weighted by atomic mass is 16.5. The first-order chi connectivity index (χ1) is 16.2. The first kappa shape index (κ1) is 22.5. The van der Waals surface area contributed by atoms with Crippen molar-refractivity contribution in [1.29, 1.82) is 0 Å². The van der Waals surface area contributed by atoms with Crippen LogP contribution in [0.15, 0.2) is 115 Å². The van der Waals surface area contributed by atoms with Gasteiger partial charge in [-0.3, -0.25) is 9.69 Å². The molecule has 0 spiro atoms. The number of carbonyl (C=O) groups excluding carboxylic acids is 1. The van der Waals surface area contributed by atoms with Crippen molar-refractivity contribution >= 4 is 5.78 Å². The quantitative estimate of drug-likeness (QED) is 0.265. The van der Waals surface area contributed by atoms with E-state index in [4.69, 9.17) is 4.74 Å². The van der Waals surface area contributed by atoms with Gasteiger partial charge in [0.2, 0.25) is 0 Å². The molecule has 0 saturated heterocycles. The number of ketones is 1. The summed E-state index contributed by atoms with van der Waals surface area (Å²) < 4.78 is 5.87. The second-order valence-corrected chi connectivity index (χ2v) is 8.22. The average Bonchev–Trinajstić information content (AvgIpc) is 2.88. The van der Waals surface area contributed by atoms with E-state index in [0.29, 0.717) is 25.3 Å². The van der Waals surface area contributed by atoms with Gasteiger partial charge in [-0.15, -0.1) is 0 Å². The van der Waals surface area contributed by atoms with Crippen LogP contribution in [0.4, 0.5) is 0 Å². The molecule has 0 aliphatic rings. The Bertz CT molecular complexity index is 1080. The summed E-state index contributed by atoms with van der Waals surface area (Å²) in [6.07, 6.45) is 0. The van der Waals surface area contributed by atoms with Crippen molar-refractivity contribution in [2.45, 2.75) is 32.7 Å². The van der Waals surface area contributed by atoms with E-state index in [1.807, 2.05) is 97.9 Å². The van der Waals surface area contributed by atoms with Crippen molar-refractivity contribution < 1.29 is 9.53 Å². The van der Waals surface area contributed by atoms with Gasteiger partial charge < -0.3 is 4.74 Å². The van der Waals surface area contributed by atoms with E-state index in [-0.39, 0.29) is 11.8 Å². The van der Waals surface area contributed by atoms with Gasteiger partial charge in [0, 0.05) is 18.7 Å². The summed E-state index contributed by atoms with van der Waals surface area (Å²) in [5, 5.41) is 0. The van der Waals surface area contributed by atoms with Gasteiger partial charge in [-0.25, -0.2) is 0 Å². The molecule has 0 bridgehead atoms. The lowest BCUT2D eigenvalue weighted by molar-refractivity contribution is 0.0816. The molecule has 0 aliphatic carbocycles. The summed E-state index contributed by atoms with van der Waals surface area (Å²) in [4.78, 5) is 15.6. The van der Waals surface area contributed by atoms with Gasteiger partial charge in [0.25, 0.3) is 0 Å². The Morgan fingerprint density at radius 2 is 1.12 bits per heavy atom. The van der Waals surface area contributed by atoms with Crippen molar-refractivity contribution in [3.63, 3.8) is 0 Å². The lowest BCUT2D eigenvalue weighted by Crippen LogP contribution is -2.38. The van der Waals surface area contributed by atoms with Crippen LogP contribution in [0.3, 0.4) is 0 Å². The van der Waals surface area contributed by atoms with Gasteiger partial charge >= 0.3 is 0 Å². The third kappa shape index (κ3) is 6.41. The molecule has 33 heavy (non-hydrogen) atoms. The maximum Gasteiger partial charge on any atom is 0.179 e. The summed E-state index contributed by atoms with van der Waals surface area (Å²) in [6, 6.07) is 37.9. The largest absolute Gasteiger partial charge is 0.489 e. The highest BCUT2D eigenvalue weighted by molar-refractivity contribution is 5.99. The molecule has 0 aliphatic heterocycles. The van der Waals surface area contributed by atoms with Gasteiger partial charge in [-0.1, -0.05) is 91.0 Å². The SMILES string of the molecule is CC(C(=O)c1ccc(OCc2ccccc2)cc1)N(Cc1ccccc1)Cc1ccccc1. The zero-order chi connectivity index (χ0) is 22.9. The normalized spacial score (nSPS) is 11.8. The summed E-state index contributed by atoms with van der Waals surface area (Å²) in [5.41, 5.74) is 4.19. The number of carbonyl (C=O) groups is 1. The molecule has 0 radical (unpaired) electrons. The molecule has 166 valence electrons. The van der Waals surface area contributed by atoms with Crippen molar-refractivity contribution in [3.05, 3.63) is 138 Å². The minimum absolute atomic E-state index is 0.108. The maximum absolute atomic E-state index is 13.4. The fraction of sp³-hybridized carbons (Fsp3) is 0.167.